The number of nitrogens with zero attached hydrogens (tertiary/aromatic N) is 1. The van der Waals surface area contributed by atoms with Gasteiger partial charge in [0.05, 0.1) is 5.60 Å². The summed E-state index contributed by atoms with van der Waals surface area (Å²) in [5.41, 5.74) is 0.0609. The molecule has 0 radical (unpaired) electrons. The molecule has 0 fully saturated rings. The van der Waals surface area contributed by atoms with Crippen molar-refractivity contribution in [2.45, 2.75) is 65.5 Å². The molecule has 0 amide bonds. The zero-order chi connectivity index (χ0) is 11.9. The van der Waals surface area contributed by atoms with E-state index in [1.807, 2.05) is 0 Å². The van der Waals surface area contributed by atoms with Gasteiger partial charge in [0.2, 0.25) is 0 Å². The molecule has 0 spiro atoms. The third-order valence-electron chi connectivity index (χ3n) is 2.98. The molecule has 0 N–H and O–H groups in total. The number of hydrogen-bond acceptors (Lipinski definition) is 2. The Hall–Kier alpha value is 0.137. The van der Waals surface area contributed by atoms with Crippen molar-refractivity contribution < 1.29 is 4.43 Å². The summed E-state index contributed by atoms with van der Waals surface area (Å²) in [5, 5.41) is 0. The fraction of sp³-hybridized carbons (Fsp3) is 1.00. The highest BCUT2D eigenvalue weighted by Crippen LogP contribution is 2.19. The van der Waals surface area contributed by atoms with Gasteiger partial charge in [0.15, 0.2) is 0 Å². The van der Waals surface area contributed by atoms with Crippen molar-refractivity contribution in [3.8, 4) is 0 Å². The van der Waals surface area contributed by atoms with Crippen LogP contribution in [0.1, 0.15) is 53.9 Å². The first kappa shape index (κ1) is 15.1. The maximum atomic E-state index is 5.63. The lowest BCUT2D eigenvalue weighted by Crippen LogP contribution is -2.40. The molecular formula is C12H29NOSi. The van der Waals surface area contributed by atoms with Crippen molar-refractivity contribution in [3.63, 3.8) is 0 Å². The number of hydrogen-bond donors (Lipinski definition) is 0. The lowest BCUT2D eigenvalue weighted by molar-refractivity contribution is 0.0678. The topological polar surface area (TPSA) is 12.5 Å². The van der Waals surface area contributed by atoms with Gasteiger partial charge >= 0.3 is 0 Å². The Balaban J connectivity index is 4.17. The summed E-state index contributed by atoms with van der Waals surface area (Å²) in [6, 6.07) is 0.633. The van der Waals surface area contributed by atoms with E-state index in [0.717, 1.165) is 16.9 Å². The summed E-state index contributed by atoms with van der Waals surface area (Å²) < 4.78 is 5.63. The maximum absolute atomic E-state index is 5.63. The molecule has 0 aliphatic rings. The van der Waals surface area contributed by atoms with Gasteiger partial charge in [-0.25, -0.2) is 0 Å². The van der Waals surface area contributed by atoms with Gasteiger partial charge < -0.3 is 9.33 Å². The van der Waals surface area contributed by atoms with Crippen LogP contribution in [0.3, 0.4) is 0 Å². The van der Waals surface area contributed by atoms with Crippen LogP contribution in [-0.4, -0.2) is 40.1 Å². The quantitative estimate of drug-likeness (QED) is 0.592. The average Bonchev–Trinajstić information content (AvgIpc) is 2.17. The fourth-order valence-electron chi connectivity index (χ4n) is 2.05. The first-order valence-electron chi connectivity index (χ1n) is 6.26. The summed E-state index contributed by atoms with van der Waals surface area (Å²) in [5.74, 6) is 0. The van der Waals surface area contributed by atoms with Gasteiger partial charge in [-0.2, -0.15) is 0 Å². The second kappa shape index (κ2) is 7.42. The lowest BCUT2D eigenvalue weighted by atomic mass is 9.99. The van der Waals surface area contributed by atoms with Gasteiger partial charge in [0.25, 0.3) is 0 Å². The summed E-state index contributed by atoms with van der Waals surface area (Å²) in [7, 11) is 0.835. The van der Waals surface area contributed by atoms with E-state index in [9.17, 15) is 0 Å². The van der Waals surface area contributed by atoms with E-state index >= 15 is 0 Å². The Morgan fingerprint density at radius 3 is 2.00 bits per heavy atom. The molecule has 0 rings (SSSR count). The van der Waals surface area contributed by atoms with Crippen molar-refractivity contribution in [3.05, 3.63) is 0 Å². The lowest BCUT2D eigenvalue weighted by Gasteiger charge is -2.34. The van der Waals surface area contributed by atoms with Crippen LogP contribution in [0.25, 0.3) is 0 Å². The van der Waals surface area contributed by atoms with Crippen LogP contribution < -0.4 is 0 Å². The zero-order valence-electron chi connectivity index (χ0n) is 11.5. The van der Waals surface area contributed by atoms with Gasteiger partial charge in [0, 0.05) is 6.04 Å². The Morgan fingerprint density at radius 1 is 1.20 bits per heavy atom. The molecule has 0 aromatic heterocycles. The number of rotatable bonds is 8. The third-order valence-corrected chi connectivity index (χ3v) is 4.09. The van der Waals surface area contributed by atoms with Gasteiger partial charge in [-0.1, -0.05) is 13.8 Å². The van der Waals surface area contributed by atoms with Gasteiger partial charge in [0.1, 0.15) is 10.5 Å². The van der Waals surface area contributed by atoms with Crippen LogP contribution in [0, 0.1) is 0 Å². The second-order valence-electron chi connectivity index (χ2n) is 5.05. The third kappa shape index (κ3) is 6.33. The van der Waals surface area contributed by atoms with E-state index in [1.54, 1.807) is 0 Å². The van der Waals surface area contributed by atoms with E-state index in [-0.39, 0.29) is 5.60 Å². The highest BCUT2D eigenvalue weighted by atomic mass is 28.2. The minimum Gasteiger partial charge on any atom is -0.423 e. The predicted octanol–water partition coefficient (Wildman–Crippen LogP) is 1.96. The first-order valence-corrected chi connectivity index (χ1v) is 7.07. The molecule has 1 unspecified atom stereocenters. The summed E-state index contributed by atoms with van der Waals surface area (Å²) >= 11 is 0. The molecule has 0 bridgehead atoms. The molecule has 0 aliphatic heterocycles. The van der Waals surface area contributed by atoms with Crippen LogP contribution in [0.5, 0.6) is 0 Å². The van der Waals surface area contributed by atoms with Gasteiger partial charge in [-0.3, -0.25) is 0 Å². The van der Waals surface area contributed by atoms with Gasteiger partial charge in [-0.05, 0) is 53.1 Å². The van der Waals surface area contributed by atoms with Crippen LogP contribution in [0.2, 0.25) is 0 Å². The van der Waals surface area contributed by atoms with E-state index in [2.05, 4.69) is 39.5 Å². The first-order chi connectivity index (χ1) is 6.96. The molecule has 0 aromatic rings. The smallest absolute Gasteiger partial charge is 0.146 e. The van der Waals surface area contributed by atoms with Crippen molar-refractivity contribution in [2.24, 2.45) is 0 Å². The summed E-state index contributed by atoms with van der Waals surface area (Å²) in [6.07, 6.45) is 3.62. The standard InChI is InChI=1S/C12H29NOSi/c1-6-8-13(9-7-2)11(3)10-12(4,5)14-15/h11H,6-10H2,1-5,15H3. The summed E-state index contributed by atoms with van der Waals surface area (Å²) in [6.45, 7) is 13.7. The van der Waals surface area contributed by atoms with E-state index < -0.39 is 0 Å². The Labute approximate surface area is 98.9 Å². The Morgan fingerprint density at radius 2 is 1.67 bits per heavy atom. The molecule has 0 saturated carbocycles. The molecule has 92 valence electrons. The molecule has 3 heteroatoms. The predicted molar refractivity (Wildman–Crippen MR) is 71.3 cm³/mol. The SMILES string of the molecule is CCCN(CCC)C(C)CC(C)(C)O[SiH3]. The maximum Gasteiger partial charge on any atom is 0.146 e. The van der Waals surface area contributed by atoms with Crippen LogP contribution in [-0.2, 0) is 4.43 Å². The normalized spacial score (nSPS) is 14.8. The Bertz CT molecular complexity index is 156. The highest BCUT2D eigenvalue weighted by Gasteiger charge is 2.22. The zero-order valence-corrected chi connectivity index (χ0v) is 13.5. The minimum absolute atomic E-state index is 0.0609. The van der Waals surface area contributed by atoms with Crippen molar-refractivity contribution in [1.82, 2.24) is 4.90 Å². The highest BCUT2D eigenvalue weighted by molar-refractivity contribution is 5.98. The molecule has 0 heterocycles. The molecule has 2 nitrogen and oxygen atoms in total. The monoisotopic (exact) mass is 231 g/mol. The van der Waals surface area contributed by atoms with Crippen molar-refractivity contribution in [2.75, 3.05) is 13.1 Å². The average molecular weight is 231 g/mol. The molecule has 0 saturated heterocycles. The van der Waals surface area contributed by atoms with Gasteiger partial charge in [-0.15, -0.1) is 0 Å². The molecule has 15 heavy (non-hydrogen) atoms. The minimum atomic E-state index is 0.0609. The Kier molecular flexibility index (Phi) is 7.48. The molecule has 0 aliphatic carbocycles. The fourth-order valence-corrected chi connectivity index (χ4v) is 2.22. The second-order valence-corrected chi connectivity index (χ2v) is 5.46. The molecular weight excluding hydrogens is 202 g/mol. The van der Waals surface area contributed by atoms with E-state index in [0.29, 0.717) is 6.04 Å². The van der Waals surface area contributed by atoms with Crippen LogP contribution >= 0.6 is 0 Å². The van der Waals surface area contributed by atoms with Crippen LogP contribution in [0.15, 0.2) is 0 Å². The van der Waals surface area contributed by atoms with E-state index in [1.165, 1.54) is 25.9 Å². The largest absolute Gasteiger partial charge is 0.423 e. The van der Waals surface area contributed by atoms with Crippen molar-refractivity contribution >= 4 is 10.5 Å². The summed E-state index contributed by atoms with van der Waals surface area (Å²) in [4.78, 5) is 2.59. The van der Waals surface area contributed by atoms with Crippen molar-refractivity contribution in [1.29, 1.82) is 0 Å². The molecule has 1 atom stereocenters. The van der Waals surface area contributed by atoms with E-state index in [4.69, 9.17) is 4.43 Å². The van der Waals surface area contributed by atoms with Crippen LogP contribution in [0.4, 0.5) is 0 Å². The molecule has 0 aromatic carbocycles.